The van der Waals surface area contributed by atoms with Crippen LogP contribution in [0.25, 0.3) is 21.9 Å². The van der Waals surface area contributed by atoms with Crippen LogP contribution in [-0.2, 0) is 17.6 Å². The molecule has 1 nitrogen and oxygen atoms in total. The summed E-state index contributed by atoms with van der Waals surface area (Å²) in [6.45, 7) is 2.25. The van der Waals surface area contributed by atoms with Crippen molar-refractivity contribution in [3.05, 3.63) is 70.3 Å². The molecule has 0 amide bonds. The molecule has 0 spiro atoms. The summed E-state index contributed by atoms with van der Waals surface area (Å²) in [5, 5.41) is 2.92. The lowest BCUT2D eigenvalue weighted by Gasteiger charge is -2.20. The number of epoxide rings is 1. The van der Waals surface area contributed by atoms with E-state index in [4.69, 9.17) is 4.74 Å². The molecule has 1 saturated heterocycles. The van der Waals surface area contributed by atoms with Crippen LogP contribution < -0.4 is 0 Å². The predicted molar refractivity (Wildman–Crippen MR) is 88.1 cm³/mol. The third-order valence-corrected chi connectivity index (χ3v) is 5.75. The fourth-order valence-corrected chi connectivity index (χ4v) is 4.72. The maximum Gasteiger partial charge on any atom is 0.115 e. The minimum absolute atomic E-state index is 0.297. The first-order valence-corrected chi connectivity index (χ1v) is 8.15. The zero-order valence-electron chi connectivity index (χ0n) is 12.5. The lowest BCUT2D eigenvalue weighted by Crippen LogP contribution is -2.02. The van der Waals surface area contributed by atoms with Gasteiger partial charge in [0, 0.05) is 0 Å². The van der Waals surface area contributed by atoms with E-state index in [0.717, 1.165) is 0 Å². The SMILES string of the molecule is Cc1ccc2cc3c(c4c2c1CC4)C1OC1c1ccccc1-3. The summed E-state index contributed by atoms with van der Waals surface area (Å²) in [7, 11) is 0. The fourth-order valence-electron chi connectivity index (χ4n) is 4.72. The van der Waals surface area contributed by atoms with Crippen LogP contribution in [0.4, 0.5) is 0 Å². The summed E-state index contributed by atoms with van der Waals surface area (Å²) >= 11 is 0. The van der Waals surface area contributed by atoms with Crippen LogP contribution in [0.5, 0.6) is 0 Å². The van der Waals surface area contributed by atoms with Crippen molar-refractivity contribution in [1.29, 1.82) is 0 Å². The molecular weight excluding hydrogens is 268 g/mol. The van der Waals surface area contributed by atoms with Crippen LogP contribution in [-0.4, -0.2) is 0 Å². The minimum atomic E-state index is 0.297. The molecule has 0 saturated carbocycles. The number of hydrogen-bond acceptors (Lipinski definition) is 1. The summed E-state index contributed by atoms with van der Waals surface area (Å²) in [5.41, 5.74) is 10.2. The van der Waals surface area contributed by atoms with Crippen molar-refractivity contribution < 1.29 is 4.74 Å². The Labute approximate surface area is 129 Å². The van der Waals surface area contributed by atoms with Gasteiger partial charge in [0.15, 0.2) is 0 Å². The van der Waals surface area contributed by atoms with Crippen LogP contribution in [0.3, 0.4) is 0 Å². The number of hydrogen-bond donors (Lipinski definition) is 0. The number of fused-ring (bicyclic) bond motifs is 7. The standard InChI is InChI=1S/C21H16O/c1-11-6-7-12-10-17-14-4-2-3-5-15(14)20-21(22-20)19(17)16-9-8-13(11)18(12)16/h2-7,10,20-21H,8-9H2,1H3. The Morgan fingerprint density at radius 3 is 2.73 bits per heavy atom. The van der Waals surface area contributed by atoms with Crippen molar-refractivity contribution in [2.75, 3.05) is 0 Å². The molecule has 106 valence electrons. The molecular formula is C21H16O. The number of aryl methyl sites for hydroxylation is 3. The van der Waals surface area contributed by atoms with Crippen molar-refractivity contribution >= 4 is 10.8 Å². The van der Waals surface area contributed by atoms with Crippen LogP contribution in [0.15, 0.2) is 42.5 Å². The molecule has 1 fully saturated rings. The Morgan fingerprint density at radius 2 is 1.77 bits per heavy atom. The van der Waals surface area contributed by atoms with Gasteiger partial charge in [-0.15, -0.1) is 0 Å². The van der Waals surface area contributed by atoms with Crippen molar-refractivity contribution in [2.45, 2.75) is 32.0 Å². The molecule has 0 radical (unpaired) electrons. The number of ether oxygens (including phenoxy) is 1. The van der Waals surface area contributed by atoms with Crippen LogP contribution in [0, 0.1) is 6.92 Å². The first kappa shape index (κ1) is 11.4. The molecule has 22 heavy (non-hydrogen) atoms. The highest BCUT2D eigenvalue weighted by Crippen LogP contribution is 2.61. The van der Waals surface area contributed by atoms with Gasteiger partial charge in [0.1, 0.15) is 12.2 Å². The molecule has 3 aromatic carbocycles. The molecule has 2 atom stereocenters. The van der Waals surface area contributed by atoms with E-state index in [0.29, 0.717) is 12.2 Å². The van der Waals surface area contributed by atoms with Gasteiger partial charge in [-0.05, 0) is 75.5 Å². The van der Waals surface area contributed by atoms with Gasteiger partial charge in [0.05, 0.1) is 0 Å². The molecule has 1 aliphatic heterocycles. The second kappa shape index (κ2) is 3.61. The summed E-state index contributed by atoms with van der Waals surface area (Å²) in [6, 6.07) is 15.7. The lowest BCUT2D eigenvalue weighted by molar-refractivity contribution is 0.379. The predicted octanol–water partition coefficient (Wildman–Crippen LogP) is 5.04. The van der Waals surface area contributed by atoms with E-state index in [-0.39, 0.29) is 0 Å². The summed E-state index contributed by atoms with van der Waals surface area (Å²) in [6.07, 6.45) is 2.96. The normalized spacial score (nSPS) is 23.1. The summed E-state index contributed by atoms with van der Waals surface area (Å²) in [4.78, 5) is 0. The Hall–Kier alpha value is -2.12. The quantitative estimate of drug-likeness (QED) is 0.527. The van der Waals surface area contributed by atoms with Crippen molar-refractivity contribution in [3.63, 3.8) is 0 Å². The Morgan fingerprint density at radius 1 is 0.909 bits per heavy atom. The molecule has 0 bridgehead atoms. The summed E-state index contributed by atoms with van der Waals surface area (Å²) in [5.74, 6) is 0. The minimum Gasteiger partial charge on any atom is -0.359 e. The molecule has 1 heterocycles. The van der Waals surface area contributed by atoms with E-state index in [2.05, 4.69) is 49.4 Å². The monoisotopic (exact) mass is 284 g/mol. The van der Waals surface area contributed by atoms with E-state index in [1.54, 1.807) is 11.1 Å². The molecule has 3 aliphatic rings. The molecule has 6 rings (SSSR count). The smallest absolute Gasteiger partial charge is 0.115 e. The Kier molecular flexibility index (Phi) is 1.88. The summed E-state index contributed by atoms with van der Waals surface area (Å²) < 4.78 is 6.08. The van der Waals surface area contributed by atoms with E-state index in [9.17, 15) is 0 Å². The average molecular weight is 284 g/mol. The largest absolute Gasteiger partial charge is 0.359 e. The Bertz CT molecular complexity index is 983. The van der Waals surface area contributed by atoms with Crippen LogP contribution in [0.1, 0.15) is 40.0 Å². The van der Waals surface area contributed by atoms with E-state index >= 15 is 0 Å². The van der Waals surface area contributed by atoms with Gasteiger partial charge in [0.25, 0.3) is 0 Å². The molecule has 0 aromatic heterocycles. The highest BCUT2D eigenvalue weighted by molar-refractivity contribution is 5.98. The molecule has 2 aliphatic carbocycles. The number of benzene rings is 3. The molecule has 1 heteroatoms. The van der Waals surface area contributed by atoms with Crippen LogP contribution in [0.2, 0.25) is 0 Å². The molecule has 0 N–H and O–H groups in total. The Balaban J connectivity index is 1.80. The maximum atomic E-state index is 6.08. The second-order valence-electron chi connectivity index (χ2n) is 6.84. The van der Waals surface area contributed by atoms with Crippen LogP contribution >= 0.6 is 0 Å². The first-order valence-electron chi connectivity index (χ1n) is 8.15. The average Bonchev–Trinajstić information content (AvgIpc) is 3.22. The van der Waals surface area contributed by atoms with Gasteiger partial charge in [-0.1, -0.05) is 36.4 Å². The topological polar surface area (TPSA) is 12.5 Å². The van der Waals surface area contributed by atoms with Gasteiger partial charge in [0.2, 0.25) is 0 Å². The lowest BCUT2D eigenvalue weighted by atomic mass is 9.81. The third kappa shape index (κ3) is 1.21. The van der Waals surface area contributed by atoms with E-state index < -0.39 is 0 Å². The van der Waals surface area contributed by atoms with Gasteiger partial charge >= 0.3 is 0 Å². The highest BCUT2D eigenvalue weighted by atomic mass is 16.6. The molecule has 3 aromatic rings. The number of rotatable bonds is 0. The van der Waals surface area contributed by atoms with Gasteiger partial charge < -0.3 is 4.74 Å². The van der Waals surface area contributed by atoms with Crippen molar-refractivity contribution in [1.82, 2.24) is 0 Å². The fraction of sp³-hybridized carbons (Fsp3) is 0.238. The van der Waals surface area contributed by atoms with Gasteiger partial charge in [-0.3, -0.25) is 0 Å². The highest BCUT2D eigenvalue weighted by Gasteiger charge is 2.49. The van der Waals surface area contributed by atoms with Crippen molar-refractivity contribution in [3.8, 4) is 11.1 Å². The second-order valence-corrected chi connectivity index (χ2v) is 6.84. The first-order chi connectivity index (χ1) is 10.8. The zero-order chi connectivity index (χ0) is 14.4. The van der Waals surface area contributed by atoms with Gasteiger partial charge in [-0.25, -0.2) is 0 Å². The maximum absolute atomic E-state index is 6.08. The van der Waals surface area contributed by atoms with E-state index in [1.165, 1.54) is 51.4 Å². The van der Waals surface area contributed by atoms with E-state index in [1.807, 2.05) is 0 Å². The molecule has 2 unspecified atom stereocenters. The third-order valence-electron chi connectivity index (χ3n) is 5.75. The van der Waals surface area contributed by atoms with Gasteiger partial charge in [-0.2, -0.15) is 0 Å². The van der Waals surface area contributed by atoms with Crippen molar-refractivity contribution in [2.24, 2.45) is 0 Å². The zero-order valence-corrected chi connectivity index (χ0v) is 12.5.